The van der Waals surface area contributed by atoms with Crippen molar-refractivity contribution in [3.05, 3.63) is 35.4 Å². The van der Waals surface area contributed by atoms with Crippen molar-refractivity contribution < 1.29 is 19.2 Å². The molecular formula is C27H43BN2O4. The number of nitrogens with zero attached hydrogens (tertiary/aromatic N) is 1. The summed E-state index contributed by atoms with van der Waals surface area (Å²) in [5.41, 5.74) is 7.73. The largest absolute Gasteiger partial charge is 0.480 e. The van der Waals surface area contributed by atoms with Crippen LogP contribution in [0.4, 0.5) is 0 Å². The van der Waals surface area contributed by atoms with Crippen molar-refractivity contribution in [2.45, 2.75) is 108 Å². The van der Waals surface area contributed by atoms with Crippen molar-refractivity contribution in [1.29, 1.82) is 0 Å². The second-order valence-corrected chi connectivity index (χ2v) is 11.7. The molecule has 1 aromatic carbocycles. The van der Waals surface area contributed by atoms with Crippen LogP contribution in [0, 0.1) is 5.92 Å². The number of benzene rings is 1. The molecule has 7 heteroatoms. The van der Waals surface area contributed by atoms with Gasteiger partial charge in [-0.3, -0.25) is 9.69 Å². The van der Waals surface area contributed by atoms with E-state index in [1.54, 1.807) is 0 Å². The number of carboxylic acids is 1. The lowest BCUT2D eigenvalue weighted by Gasteiger charge is -2.44. The van der Waals surface area contributed by atoms with Crippen molar-refractivity contribution in [1.82, 2.24) is 4.90 Å². The molecule has 2 fully saturated rings. The number of rotatable bonds is 8. The van der Waals surface area contributed by atoms with Crippen LogP contribution in [0.3, 0.4) is 0 Å². The first-order valence-corrected chi connectivity index (χ1v) is 13.2. The Labute approximate surface area is 205 Å². The van der Waals surface area contributed by atoms with Crippen LogP contribution in [0.2, 0.25) is 6.32 Å². The van der Waals surface area contributed by atoms with E-state index in [-0.39, 0.29) is 24.2 Å². The number of piperidine rings is 1. The Kier molecular flexibility index (Phi) is 7.49. The van der Waals surface area contributed by atoms with E-state index >= 15 is 0 Å². The van der Waals surface area contributed by atoms with Gasteiger partial charge in [0, 0.05) is 6.04 Å². The number of carboxylic acid groups (broad SMARTS) is 1. The molecule has 0 bridgehead atoms. The van der Waals surface area contributed by atoms with E-state index in [9.17, 15) is 9.90 Å². The third kappa shape index (κ3) is 5.08. The highest BCUT2D eigenvalue weighted by Gasteiger charge is 2.50. The standard InChI is InChI=1S/C27H43BN2O4/c1-25(2)26(3,4)34-28(33-25)17-8-7-16-27(29,24(31)32)21-14-18-30(19-15-21)23-13-9-11-20-10-5-6-12-22(20)23/h5-6,10,12,21,23H,7-9,11,13-19,29H2,1-4H3,(H,31,32). The van der Waals surface area contributed by atoms with Crippen LogP contribution in [0.1, 0.15) is 89.8 Å². The fourth-order valence-electron chi connectivity index (χ4n) is 6.13. The van der Waals surface area contributed by atoms with E-state index in [4.69, 9.17) is 15.0 Å². The van der Waals surface area contributed by atoms with Gasteiger partial charge in [0.1, 0.15) is 5.54 Å². The van der Waals surface area contributed by atoms with E-state index < -0.39 is 11.5 Å². The van der Waals surface area contributed by atoms with E-state index in [0.29, 0.717) is 12.5 Å². The number of hydrogen-bond donors (Lipinski definition) is 2. The summed E-state index contributed by atoms with van der Waals surface area (Å²) in [4.78, 5) is 14.9. The smallest absolute Gasteiger partial charge is 0.457 e. The molecule has 2 aliphatic heterocycles. The highest BCUT2D eigenvalue weighted by atomic mass is 16.7. The molecule has 1 aliphatic carbocycles. The third-order valence-electron chi connectivity index (χ3n) is 9.02. The zero-order valence-electron chi connectivity index (χ0n) is 21.5. The van der Waals surface area contributed by atoms with Gasteiger partial charge in [-0.1, -0.05) is 37.1 Å². The van der Waals surface area contributed by atoms with Gasteiger partial charge in [0.2, 0.25) is 0 Å². The van der Waals surface area contributed by atoms with Crippen LogP contribution in [-0.2, 0) is 20.5 Å². The van der Waals surface area contributed by atoms with Crippen LogP contribution < -0.4 is 5.73 Å². The molecule has 34 heavy (non-hydrogen) atoms. The number of unbranched alkanes of at least 4 members (excludes halogenated alkanes) is 1. The molecule has 3 N–H and O–H groups in total. The maximum Gasteiger partial charge on any atom is 0.457 e. The molecule has 1 aromatic rings. The Hall–Kier alpha value is -1.41. The fraction of sp³-hybridized carbons (Fsp3) is 0.741. The van der Waals surface area contributed by atoms with Gasteiger partial charge in [-0.2, -0.15) is 0 Å². The van der Waals surface area contributed by atoms with E-state index in [2.05, 4.69) is 56.9 Å². The predicted molar refractivity (Wildman–Crippen MR) is 136 cm³/mol. The average molecular weight is 470 g/mol. The Balaban J connectivity index is 1.29. The predicted octanol–water partition coefficient (Wildman–Crippen LogP) is 4.82. The second-order valence-electron chi connectivity index (χ2n) is 11.7. The molecule has 0 radical (unpaired) electrons. The first-order valence-electron chi connectivity index (χ1n) is 13.2. The van der Waals surface area contributed by atoms with Crippen LogP contribution >= 0.6 is 0 Å². The first kappa shape index (κ1) is 25.7. The van der Waals surface area contributed by atoms with Gasteiger partial charge >= 0.3 is 13.1 Å². The lowest BCUT2D eigenvalue weighted by molar-refractivity contribution is -0.147. The summed E-state index contributed by atoms with van der Waals surface area (Å²) in [7, 11) is -0.233. The molecule has 0 amide bonds. The molecule has 2 saturated heterocycles. The molecule has 2 heterocycles. The van der Waals surface area contributed by atoms with Gasteiger partial charge in [-0.15, -0.1) is 0 Å². The molecule has 188 valence electrons. The average Bonchev–Trinajstić information content (AvgIpc) is 3.02. The zero-order valence-corrected chi connectivity index (χ0v) is 21.5. The molecule has 2 atom stereocenters. The SMILES string of the molecule is CC1(C)OB(CCCCC(N)(C(=O)O)C2CCN(C3CCCc4ccccc43)CC2)OC1(C)C. The van der Waals surface area contributed by atoms with Gasteiger partial charge in [0.15, 0.2) is 0 Å². The minimum absolute atomic E-state index is 0.0110. The summed E-state index contributed by atoms with van der Waals surface area (Å²) in [6.07, 6.45) is 8.15. The minimum atomic E-state index is -1.16. The fourth-order valence-corrected chi connectivity index (χ4v) is 6.13. The number of likely N-dealkylation sites (tertiary alicyclic amines) is 1. The maximum absolute atomic E-state index is 12.3. The van der Waals surface area contributed by atoms with E-state index in [1.807, 2.05) is 0 Å². The second kappa shape index (κ2) is 9.92. The summed E-state index contributed by atoms with van der Waals surface area (Å²) < 4.78 is 12.2. The molecular weight excluding hydrogens is 427 g/mol. The summed E-state index contributed by atoms with van der Waals surface area (Å²) >= 11 is 0. The molecule has 0 spiro atoms. The van der Waals surface area contributed by atoms with Crippen molar-refractivity contribution in [3.63, 3.8) is 0 Å². The Morgan fingerprint density at radius 2 is 1.76 bits per heavy atom. The third-order valence-corrected chi connectivity index (χ3v) is 9.02. The molecule has 0 saturated carbocycles. The van der Waals surface area contributed by atoms with Crippen molar-refractivity contribution in [3.8, 4) is 0 Å². The van der Waals surface area contributed by atoms with E-state index in [0.717, 1.165) is 45.1 Å². The van der Waals surface area contributed by atoms with Crippen molar-refractivity contribution in [2.75, 3.05) is 13.1 Å². The van der Waals surface area contributed by atoms with Crippen LogP contribution in [-0.4, -0.2) is 52.9 Å². The number of aliphatic carboxylic acids is 1. The van der Waals surface area contributed by atoms with Crippen LogP contribution in [0.15, 0.2) is 24.3 Å². The molecule has 4 rings (SSSR count). The number of hydrogen-bond acceptors (Lipinski definition) is 5. The summed E-state index contributed by atoms with van der Waals surface area (Å²) in [5, 5.41) is 10.1. The van der Waals surface area contributed by atoms with Gasteiger partial charge in [-0.05, 0) is 103 Å². The molecule has 0 aromatic heterocycles. The zero-order chi connectivity index (χ0) is 24.6. The van der Waals surface area contributed by atoms with E-state index in [1.165, 1.54) is 30.4 Å². The highest BCUT2D eigenvalue weighted by molar-refractivity contribution is 6.45. The monoisotopic (exact) mass is 470 g/mol. The molecule has 2 unspecified atom stereocenters. The summed E-state index contributed by atoms with van der Waals surface area (Å²) in [6, 6.07) is 9.27. The van der Waals surface area contributed by atoms with Crippen molar-refractivity contribution in [2.24, 2.45) is 11.7 Å². The lowest BCUT2D eigenvalue weighted by Crippen LogP contribution is -2.57. The topological polar surface area (TPSA) is 85.0 Å². The number of aryl methyl sites for hydroxylation is 1. The lowest BCUT2D eigenvalue weighted by atomic mass is 9.73. The number of nitrogens with two attached hydrogens (primary N) is 1. The van der Waals surface area contributed by atoms with Crippen molar-refractivity contribution >= 4 is 13.1 Å². The summed E-state index contributed by atoms with van der Waals surface area (Å²) in [6.45, 7) is 10.1. The Morgan fingerprint density at radius 3 is 2.41 bits per heavy atom. The minimum Gasteiger partial charge on any atom is -0.480 e. The van der Waals surface area contributed by atoms with Gasteiger partial charge in [0.05, 0.1) is 11.2 Å². The molecule has 6 nitrogen and oxygen atoms in total. The normalized spacial score (nSPS) is 26.7. The number of carbonyl (C=O) groups is 1. The Bertz CT molecular complexity index is 852. The van der Waals surface area contributed by atoms with Gasteiger partial charge in [0.25, 0.3) is 0 Å². The van der Waals surface area contributed by atoms with Crippen LogP contribution in [0.5, 0.6) is 0 Å². The quantitative estimate of drug-likeness (QED) is 0.419. The maximum atomic E-state index is 12.3. The van der Waals surface area contributed by atoms with Gasteiger partial charge in [-0.25, -0.2) is 0 Å². The Morgan fingerprint density at radius 1 is 1.12 bits per heavy atom. The first-order chi connectivity index (χ1) is 16.0. The molecule has 3 aliphatic rings. The number of fused-ring (bicyclic) bond motifs is 1. The van der Waals surface area contributed by atoms with Gasteiger partial charge < -0.3 is 20.1 Å². The van der Waals surface area contributed by atoms with Crippen LogP contribution in [0.25, 0.3) is 0 Å². The summed E-state index contributed by atoms with van der Waals surface area (Å²) in [5.74, 6) is -0.846. The highest BCUT2D eigenvalue weighted by Crippen LogP contribution is 2.40.